The monoisotopic (exact) mass is 468 g/mol. The highest BCUT2D eigenvalue weighted by Crippen LogP contribution is 2.63. The van der Waals surface area contributed by atoms with Crippen molar-refractivity contribution in [3.8, 4) is 0 Å². The van der Waals surface area contributed by atoms with Crippen molar-refractivity contribution in [3.63, 3.8) is 0 Å². The zero-order valence-corrected chi connectivity index (χ0v) is 22.4. The van der Waals surface area contributed by atoms with Crippen molar-refractivity contribution in [2.24, 2.45) is 46.3 Å². The first kappa shape index (κ1) is 25.0. The van der Waals surface area contributed by atoms with E-state index in [0.717, 1.165) is 86.9 Å². The first-order chi connectivity index (χ1) is 16.5. The summed E-state index contributed by atoms with van der Waals surface area (Å²) >= 11 is 0. The van der Waals surface area contributed by atoms with E-state index in [2.05, 4.69) is 13.8 Å². The lowest BCUT2D eigenvalue weighted by atomic mass is 9.41. The molecule has 5 fully saturated rings. The Kier molecular flexibility index (Phi) is 7.63. The second-order valence-electron chi connectivity index (χ2n) is 13.6. The van der Waals surface area contributed by atoms with Crippen molar-refractivity contribution in [2.45, 2.75) is 142 Å². The van der Waals surface area contributed by atoms with Crippen LogP contribution in [0.1, 0.15) is 142 Å². The minimum atomic E-state index is -0.541. The Morgan fingerprint density at radius 3 is 1.09 bits per heavy atom. The number of hydrogen-bond acceptors (Lipinski definition) is 2. The molecule has 0 saturated heterocycles. The van der Waals surface area contributed by atoms with Crippen molar-refractivity contribution in [1.29, 1.82) is 0 Å². The fourth-order valence-electron chi connectivity index (χ4n) is 9.89. The molecule has 5 aliphatic rings. The Balaban J connectivity index is 1.10. The summed E-state index contributed by atoms with van der Waals surface area (Å²) < 4.78 is 0. The summed E-state index contributed by atoms with van der Waals surface area (Å²) in [6.45, 7) is 4.63. The molecule has 0 heterocycles. The maximum atomic E-state index is 13.7. The predicted octanol–water partition coefficient (Wildman–Crippen LogP) is 8.70. The van der Waals surface area contributed by atoms with E-state index in [1.54, 1.807) is 0 Å². The Hall–Kier alpha value is -0.660. The van der Waals surface area contributed by atoms with Gasteiger partial charge in [-0.2, -0.15) is 0 Å². The third-order valence-corrected chi connectivity index (χ3v) is 12.0. The molecule has 2 heteroatoms. The summed E-state index contributed by atoms with van der Waals surface area (Å²) in [6.07, 6.45) is 24.8. The van der Waals surface area contributed by atoms with Gasteiger partial charge in [0.15, 0.2) is 11.6 Å². The van der Waals surface area contributed by atoms with Crippen molar-refractivity contribution in [1.82, 2.24) is 0 Å². The maximum absolute atomic E-state index is 13.7. The minimum Gasteiger partial charge on any atom is -0.297 e. The van der Waals surface area contributed by atoms with Crippen LogP contribution in [0.5, 0.6) is 0 Å². The molecule has 5 saturated carbocycles. The second-order valence-corrected chi connectivity index (χ2v) is 13.6. The lowest BCUT2D eigenvalue weighted by Gasteiger charge is -2.58. The van der Waals surface area contributed by atoms with E-state index in [1.165, 1.54) is 77.0 Å². The van der Waals surface area contributed by atoms with Crippen LogP contribution in [0.25, 0.3) is 0 Å². The van der Waals surface area contributed by atoms with Crippen LogP contribution in [0.3, 0.4) is 0 Å². The third-order valence-electron chi connectivity index (χ3n) is 12.0. The topological polar surface area (TPSA) is 34.1 Å². The summed E-state index contributed by atoms with van der Waals surface area (Å²) in [5.41, 5.74) is -1.08. The van der Waals surface area contributed by atoms with Gasteiger partial charge < -0.3 is 0 Å². The molecular weight excluding hydrogens is 416 g/mol. The number of Topliss-reactive ketones (excluding diaryl/α,β-unsaturated/α-hetero) is 2. The Labute approximate surface area is 209 Å². The van der Waals surface area contributed by atoms with Crippen LogP contribution in [0.15, 0.2) is 0 Å². The van der Waals surface area contributed by atoms with E-state index < -0.39 is 10.8 Å². The zero-order valence-electron chi connectivity index (χ0n) is 22.4. The Bertz CT molecular complexity index is 627. The van der Waals surface area contributed by atoms with Crippen molar-refractivity contribution in [2.75, 3.05) is 0 Å². The van der Waals surface area contributed by atoms with Crippen LogP contribution in [0, 0.1) is 46.3 Å². The molecule has 0 atom stereocenters. The lowest BCUT2D eigenvalue weighted by molar-refractivity contribution is -0.179. The van der Waals surface area contributed by atoms with E-state index in [-0.39, 0.29) is 0 Å². The van der Waals surface area contributed by atoms with Gasteiger partial charge in [0.2, 0.25) is 0 Å². The number of carbonyl (C=O) groups is 2. The fraction of sp³-hybridized carbons (Fsp3) is 0.938. The molecule has 0 aliphatic heterocycles. The van der Waals surface area contributed by atoms with E-state index in [4.69, 9.17) is 0 Å². The molecule has 0 bridgehead atoms. The minimum absolute atomic E-state index is 0.403. The second kappa shape index (κ2) is 10.4. The molecule has 34 heavy (non-hydrogen) atoms. The van der Waals surface area contributed by atoms with Crippen LogP contribution in [-0.2, 0) is 9.59 Å². The van der Waals surface area contributed by atoms with Crippen LogP contribution in [0.4, 0.5) is 0 Å². The van der Waals surface area contributed by atoms with Gasteiger partial charge in [-0.3, -0.25) is 9.59 Å². The average Bonchev–Trinajstić information content (AvgIpc) is 2.89. The van der Waals surface area contributed by atoms with E-state index >= 15 is 0 Å². The highest BCUT2D eigenvalue weighted by Gasteiger charge is 2.71. The molecule has 5 rings (SSSR count). The van der Waals surface area contributed by atoms with Crippen molar-refractivity contribution < 1.29 is 9.59 Å². The molecule has 192 valence electrons. The standard InChI is InChI=1S/C32H52O2/c1-3-5-23-7-11-25(12-8-23)27-15-19-31(20-16-27)29(33)32(30(31)34)21-17-28(18-22-32)26-13-9-24(6-4-2)10-14-26/h23-28H,3-22H2,1-2H3. The van der Waals surface area contributed by atoms with Gasteiger partial charge in [-0.05, 0) is 113 Å². The molecule has 0 aromatic carbocycles. The quantitative estimate of drug-likeness (QED) is 0.365. The van der Waals surface area contributed by atoms with E-state index in [9.17, 15) is 9.59 Å². The number of carbonyl (C=O) groups excluding carboxylic acids is 2. The third kappa shape index (κ3) is 4.36. The molecule has 0 aromatic rings. The number of ketones is 2. The van der Waals surface area contributed by atoms with Gasteiger partial charge in [-0.1, -0.05) is 65.2 Å². The normalized spacial score (nSPS) is 45.5. The molecule has 5 aliphatic carbocycles. The Morgan fingerprint density at radius 1 is 0.500 bits per heavy atom. The molecule has 0 radical (unpaired) electrons. The number of hydrogen-bond donors (Lipinski definition) is 0. The maximum Gasteiger partial charge on any atom is 0.159 e. The molecule has 0 aromatic heterocycles. The van der Waals surface area contributed by atoms with E-state index in [0.29, 0.717) is 11.6 Å². The van der Waals surface area contributed by atoms with Gasteiger partial charge in [0, 0.05) is 0 Å². The van der Waals surface area contributed by atoms with Gasteiger partial charge in [-0.25, -0.2) is 0 Å². The first-order valence-corrected chi connectivity index (χ1v) is 15.6. The van der Waals surface area contributed by atoms with Gasteiger partial charge in [0.25, 0.3) is 0 Å². The van der Waals surface area contributed by atoms with Gasteiger partial charge in [0.1, 0.15) is 0 Å². The van der Waals surface area contributed by atoms with Crippen molar-refractivity contribution in [3.05, 3.63) is 0 Å². The van der Waals surface area contributed by atoms with Gasteiger partial charge >= 0.3 is 0 Å². The summed E-state index contributed by atoms with van der Waals surface area (Å²) in [7, 11) is 0. The summed E-state index contributed by atoms with van der Waals surface area (Å²) in [5, 5.41) is 0. The smallest absolute Gasteiger partial charge is 0.159 e. The highest BCUT2D eigenvalue weighted by atomic mass is 16.2. The molecule has 0 unspecified atom stereocenters. The average molecular weight is 469 g/mol. The van der Waals surface area contributed by atoms with Crippen LogP contribution in [-0.4, -0.2) is 11.6 Å². The Morgan fingerprint density at radius 2 is 0.794 bits per heavy atom. The van der Waals surface area contributed by atoms with Gasteiger partial charge in [0.05, 0.1) is 10.8 Å². The first-order valence-electron chi connectivity index (χ1n) is 15.6. The van der Waals surface area contributed by atoms with Crippen LogP contribution < -0.4 is 0 Å². The summed E-state index contributed by atoms with van der Waals surface area (Å²) in [5.74, 6) is 6.04. The molecule has 2 spiro atoms. The molecule has 0 amide bonds. The zero-order chi connectivity index (χ0) is 23.8. The summed E-state index contributed by atoms with van der Waals surface area (Å²) in [6, 6.07) is 0. The SMILES string of the molecule is CCCC1CCC(C2CCC3(CC2)C(=O)C2(CCC(C4CCC(CCC)CC4)CC2)C3=O)CC1. The molecule has 0 N–H and O–H groups in total. The van der Waals surface area contributed by atoms with Crippen molar-refractivity contribution >= 4 is 11.6 Å². The summed E-state index contributed by atoms with van der Waals surface area (Å²) in [4.78, 5) is 27.4. The van der Waals surface area contributed by atoms with E-state index in [1.807, 2.05) is 0 Å². The fourth-order valence-corrected chi connectivity index (χ4v) is 9.89. The lowest BCUT2D eigenvalue weighted by Crippen LogP contribution is -2.68. The highest BCUT2D eigenvalue weighted by molar-refractivity contribution is 6.30. The van der Waals surface area contributed by atoms with Crippen LogP contribution in [0.2, 0.25) is 0 Å². The molecular formula is C32H52O2. The predicted molar refractivity (Wildman–Crippen MR) is 140 cm³/mol. The molecule has 2 nitrogen and oxygen atoms in total. The van der Waals surface area contributed by atoms with Crippen LogP contribution >= 0.6 is 0 Å². The largest absolute Gasteiger partial charge is 0.297 e. The number of rotatable bonds is 6. The van der Waals surface area contributed by atoms with Gasteiger partial charge in [-0.15, -0.1) is 0 Å².